The van der Waals surface area contributed by atoms with Gasteiger partial charge >= 0.3 is 0 Å². The molecule has 146 valence electrons. The summed E-state index contributed by atoms with van der Waals surface area (Å²) in [5.41, 5.74) is 0. The van der Waals surface area contributed by atoms with E-state index in [4.69, 9.17) is 4.52 Å². The molecule has 0 aliphatic carbocycles. The van der Waals surface area contributed by atoms with Gasteiger partial charge in [0.1, 0.15) is 16.5 Å². The quantitative estimate of drug-likeness (QED) is 0.822. The predicted molar refractivity (Wildman–Crippen MR) is 96.1 cm³/mol. The Labute approximate surface area is 157 Å². The van der Waals surface area contributed by atoms with Crippen LogP contribution in [0.15, 0.2) is 39.8 Å². The summed E-state index contributed by atoms with van der Waals surface area (Å²) in [6, 6.07) is 6.46. The minimum Gasteiger partial charge on any atom is -0.360 e. The van der Waals surface area contributed by atoms with Gasteiger partial charge < -0.3 is 9.84 Å². The van der Waals surface area contributed by atoms with Gasteiger partial charge in [0, 0.05) is 32.2 Å². The third-order valence-corrected chi connectivity index (χ3v) is 6.47. The molecule has 2 heterocycles. The lowest BCUT2D eigenvalue weighted by molar-refractivity contribution is -0.121. The smallest absolute Gasteiger partial charge is 0.246 e. The molecular formula is C17H21FN4O4S. The predicted octanol–water partition coefficient (Wildman–Crippen LogP) is 1.46. The average Bonchev–Trinajstić information content (AvgIpc) is 3.06. The van der Waals surface area contributed by atoms with E-state index >= 15 is 0 Å². The number of nitrogens with one attached hydrogen (secondary N) is 1. The van der Waals surface area contributed by atoms with Gasteiger partial charge in [-0.2, -0.15) is 4.31 Å². The van der Waals surface area contributed by atoms with Gasteiger partial charge in [0.25, 0.3) is 0 Å². The maximum Gasteiger partial charge on any atom is 0.246 e. The van der Waals surface area contributed by atoms with E-state index in [1.54, 1.807) is 19.9 Å². The molecule has 0 radical (unpaired) electrons. The Kier molecular flexibility index (Phi) is 5.59. The molecule has 1 atom stereocenters. The maximum atomic E-state index is 13.9. The lowest BCUT2D eigenvalue weighted by atomic mass is 10.2. The molecule has 1 aromatic carbocycles. The molecule has 1 saturated heterocycles. The molecule has 1 amide bonds. The molecule has 0 unspecified atom stereocenters. The van der Waals surface area contributed by atoms with E-state index in [-0.39, 0.29) is 23.9 Å². The van der Waals surface area contributed by atoms with Crippen LogP contribution in [0, 0.1) is 12.7 Å². The van der Waals surface area contributed by atoms with Gasteiger partial charge in [-0.3, -0.25) is 9.69 Å². The highest BCUT2D eigenvalue weighted by Crippen LogP contribution is 2.21. The second-order valence-corrected chi connectivity index (χ2v) is 8.26. The van der Waals surface area contributed by atoms with Gasteiger partial charge in [-0.05, 0) is 26.0 Å². The highest BCUT2D eigenvalue weighted by molar-refractivity contribution is 7.89. The van der Waals surface area contributed by atoms with Crippen molar-refractivity contribution in [1.29, 1.82) is 0 Å². The lowest BCUT2D eigenvalue weighted by Gasteiger charge is -2.36. The Morgan fingerprint density at radius 3 is 2.52 bits per heavy atom. The molecule has 1 aliphatic heterocycles. The number of carbonyl (C=O) groups excluding carboxylic acids is 1. The summed E-state index contributed by atoms with van der Waals surface area (Å²) in [6.07, 6.45) is 0. The zero-order valence-corrected chi connectivity index (χ0v) is 15.9. The number of aromatic nitrogens is 1. The van der Waals surface area contributed by atoms with Crippen molar-refractivity contribution in [2.24, 2.45) is 0 Å². The number of nitrogens with zero attached hydrogens (tertiary/aromatic N) is 3. The van der Waals surface area contributed by atoms with Gasteiger partial charge in [-0.25, -0.2) is 12.8 Å². The summed E-state index contributed by atoms with van der Waals surface area (Å²) >= 11 is 0. The minimum atomic E-state index is -3.90. The van der Waals surface area contributed by atoms with Gasteiger partial charge in [0.15, 0.2) is 5.82 Å². The molecule has 1 N–H and O–H groups in total. The normalized spacial score (nSPS) is 17.6. The van der Waals surface area contributed by atoms with Crippen LogP contribution < -0.4 is 5.32 Å². The largest absolute Gasteiger partial charge is 0.360 e. The Bertz CT molecular complexity index is 923. The van der Waals surface area contributed by atoms with Gasteiger partial charge in [-0.15, -0.1) is 0 Å². The first-order valence-corrected chi connectivity index (χ1v) is 9.96. The van der Waals surface area contributed by atoms with Crippen molar-refractivity contribution in [2.75, 3.05) is 31.5 Å². The number of sulfonamides is 1. The van der Waals surface area contributed by atoms with Crippen LogP contribution in [0.3, 0.4) is 0 Å². The summed E-state index contributed by atoms with van der Waals surface area (Å²) in [7, 11) is -3.90. The molecule has 0 bridgehead atoms. The molecule has 10 heteroatoms. The highest BCUT2D eigenvalue weighted by Gasteiger charge is 2.33. The van der Waals surface area contributed by atoms with Crippen molar-refractivity contribution in [3.8, 4) is 0 Å². The first-order valence-electron chi connectivity index (χ1n) is 8.52. The van der Waals surface area contributed by atoms with E-state index in [0.717, 1.165) is 6.07 Å². The number of aryl methyl sites for hydroxylation is 1. The van der Waals surface area contributed by atoms with E-state index in [0.29, 0.717) is 24.7 Å². The van der Waals surface area contributed by atoms with Crippen molar-refractivity contribution >= 4 is 21.7 Å². The van der Waals surface area contributed by atoms with E-state index in [1.807, 2.05) is 4.90 Å². The minimum absolute atomic E-state index is 0.178. The molecular weight excluding hydrogens is 375 g/mol. The summed E-state index contributed by atoms with van der Waals surface area (Å²) < 4.78 is 45.3. The second-order valence-electron chi connectivity index (χ2n) is 6.36. The number of benzene rings is 1. The third-order valence-electron chi connectivity index (χ3n) is 4.53. The van der Waals surface area contributed by atoms with Crippen molar-refractivity contribution in [3.05, 3.63) is 41.9 Å². The number of hydrogen-bond donors (Lipinski definition) is 1. The second kappa shape index (κ2) is 7.75. The monoisotopic (exact) mass is 396 g/mol. The number of amides is 1. The standard InChI is InChI=1S/C17H21FN4O4S/c1-12-11-16(20-26-12)19-17(23)13(2)21-7-9-22(10-8-21)27(24,25)15-6-4-3-5-14(15)18/h3-6,11,13H,7-10H2,1-2H3,(H,19,20,23)/t13-/m0/s1. The third kappa shape index (κ3) is 4.18. The maximum absolute atomic E-state index is 13.9. The first kappa shape index (κ1) is 19.5. The fourth-order valence-electron chi connectivity index (χ4n) is 2.95. The molecule has 1 aliphatic rings. The number of hydrogen-bond acceptors (Lipinski definition) is 6. The number of rotatable bonds is 5. The molecule has 2 aromatic rings. The average molecular weight is 396 g/mol. The first-order chi connectivity index (χ1) is 12.8. The lowest BCUT2D eigenvalue weighted by Crippen LogP contribution is -2.54. The molecule has 1 fully saturated rings. The van der Waals surface area contributed by atoms with Crippen LogP contribution in [0.25, 0.3) is 0 Å². The summed E-state index contributed by atoms with van der Waals surface area (Å²) in [5.74, 6) is -0.0978. The van der Waals surface area contributed by atoms with E-state index in [2.05, 4.69) is 10.5 Å². The van der Waals surface area contributed by atoms with Crippen LogP contribution in [0.2, 0.25) is 0 Å². The Morgan fingerprint density at radius 1 is 1.26 bits per heavy atom. The van der Waals surface area contributed by atoms with Gasteiger partial charge in [-0.1, -0.05) is 17.3 Å². The number of piperazine rings is 1. The zero-order valence-electron chi connectivity index (χ0n) is 15.1. The van der Waals surface area contributed by atoms with Crippen molar-refractivity contribution in [3.63, 3.8) is 0 Å². The zero-order chi connectivity index (χ0) is 19.6. The van der Waals surface area contributed by atoms with E-state index < -0.39 is 21.9 Å². The molecule has 1 aromatic heterocycles. The summed E-state index contributed by atoms with van der Waals surface area (Å²) in [4.78, 5) is 13.9. The van der Waals surface area contributed by atoms with E-state index in [1.165, 1.54) is 22.5 Å². The highest BCUT2D eigenvalue weighted by atomic mass is 32.2. The van der Waals surface area contributed by atoms with Gasteiger partial charge in [0.05, 0.1) is 6.04 Å². The molecule has 27 heavy (non-hydrogen) atoms. The van der Waals surface area contributed by atoms with Crippen LogP contribution in [-0.2, 0) is 14.8 Å². The fourth-order valence-corrected chi connectivity index (χ4v) is 4.43. The summed E-state index contributed by atoms with van der Waals surface area (Å²) in [6.45, 7) is 4.54. The number of carbonyl (C=O) groups is 1. The molecule has 0 saturated carbocycles. The van der Waals surface area contributed by atoms with Crippen LogP contribution in [0.1, 0.15) is 12.7 Å². The van der Waals surface area contributed by atoms with Crippen LogP contribution in [0.5, 0.6) is 0 Å². The van der Waals surface area contributed by atoms with Crippen molar-refractivity contribution in [1.82, 2.24) is 14.4 Å². The Hall–Kier alpha value is -2.30. The summed E-state index contributed by atoms with van der Waals surface area (Å²) in [5, 5.41) is 6.39. The SMILES string of the molecule is Cc1cc(NC(=O)[C@H](C)N2CCN(S(=O)(=O)c3ccccc3F)CC2)no1. The Morgan fingerprint density at radius 2 is 1.93 bits per heavy atom. The van der Waals surface area contributed by atoms with Gasteiger partial charge in [0.2, 0.25) is 15.9 Å². The number of halogens is 1. The van der Waals surface area contributed by atoms with E-state index in [9.17, 15) is 17.6 Å². The topological polar surface area (TPSA) is 95.8 Å². The van der Waals surface area contributed by atoms with Crippen molar-refractivity contribution in [2.45, 2.75) is 24.8 Å². The van der Waals surface area contributed by atoms with Crippen LogP contribution >= 0.6 is 0 Å². The fraction of sp³-hybridized carbons (Fsp3) is 0.412. The van der Waals surface area contributed by atoms with Crippen LogP contribution in [-0.4, -0.2) is 60.9 Å². The van der Waals surface area contributed by atoms with Crippen molar-refractivity contribution < 1.29 is 22.1 Å². The van der Waals surface area contributed by atoms with Crippen LogP contribution in [0.4, 0.5) is 10.2 Å². The Balaban J connectivity index is 1.61. The molecule has 3 rings (SSSR count). The molecule has 0 spiro atoms. The molecule has 8 nitrogen and oxygen atoms in total. The number of anilines is 1.